The number of pyridine rings is 1. The number of carbonyl (C=O) groups excluding carboxylic acids is 1. The molecule has 1 amide bonds. The summed E-state index contributed by atoms with van der Waals surface area (Å²) in [5.41, 5.74) is 8.75. The van der Waals surface area contributed by atoms with Crippen LogP contribution in [0.1, 0.15) is 34.9 Å². The first-order valence-corrected chi connectivity index (χ1v) is 11.3. The van der Waals surface area contributed by atoms with E-state index in [0.717, 1.165) is 24.2 Å². The lowest BCUT2D eigenvalue weighted by Crippen LogP contribution is -2.28. The third-order valence-electron chi connectivity index (χ3n) is 5.94. The van der Waals surface area contributed by atoms with Crippen molar-refractivity contribution in [2.24, 2.45) is 0 Å². The van der Waals surface area contributed by atoms with Crippen LogP contribution in [-0.2, 0) is 4.74 Å². The van der Waals surface area contributed by atoms with Crippen molar-refractivity contribution in [1.29, 1.82) is 0 Å². The standard InChI is InChI=1S/C24H23ClN6O3/c25-18-11-28-22(26)21-20(30-23(31(18)21)16-8-9-17(12-32)34-13-16)14-4-6-15(7-5-14)24(33)29-19-3-1-2-10-27-19/h1-7,10-11,16-17,32H,8-9,12-13H2,(H2,26,28)(H,27,29,33). The third-order valence-corrected chi connectivity index (χ3v) is 6.20. The van der Waals surface area contributed by atoms with Gasteiger partial charge in [-0.2, -0.15) is 0 Å². The number of ether oxygens (including phenoxy) is 1. The number of aliphatic hydroxyl groups is 1. The number of nitrogens with two attached hydrogens (primary N) is 1. The van der Waals surface area contributed by atoms with Gasteiger partial charge in [-0.25, -0.2) is 15.0 Å². The Morgan fingerprint density at radius 3 is 2.71 bits per heavy atom. The molecule has 4 heterocycles. The summed E-state index contributed by atoms with van der Waals surface area (Å²) in [5, 5.41) is 12.5. The molecule has 1 aliphatic rings. The lowest BCUT2D eigenvalue weighted by molar-refractivity contribution is -0.0282. The SMILES string of the molecule is Nc1ncc(Cl)n2c(C3CCC(CO)OC3)nc(-c3ccc(C(=O)Nc4ccccn4)cc3)c12. The Labute approximate surface area is 200 Å². The molecule has 9 nitrogen and oxygen atoms in total. The molecule has 1 aliphatic heterocycles. The maximum Gasteiger partial charge on any atom is 0.256 e. The predicted molar refractivity (Wildman–Crippen MR) is 129 cm³/mol. The highest BCUT2D eigenvalue weighted by Gasteiger charge is 2.29. The number of rotatable bonds is 5. The molecule has 0 spiro atoms. The highest BCUT2D eigenvalue weighted by atomic mass is 35.5. The van der Waals surface area contributed by atoms with Gasteiger partial charge < -0.3 is 20.9 Å². The highest BCUT2D eigenvalue weighted by Crippen LogP contribution is 2.36. The molecule has 2 unspecified atom stereocenters. The lowest BCUT2D eigenvalue weighted by atomic mass is 9.98. The van der Waals surface area contributed by atoms with Gasteiger partial charge in [0.15, 0.2) is 0 Å². The number of imidazole rings is 1. The van der Waals surface area contributed by atoms with E-state index in [1.807, 2.05) is 16.5 Å². The quantitative estimate of drug-likeness (QED) is 0.400. The molecule has 0 bridgehead atoms. The lowest BCUT2D eigenvalue weighted by Gasteiger charge is -2.27. The Morgan fingerprint density at radius 2 is 2.03 bits per heavy atom. The van der Waals surface area contributed by atoms with Crippen LogP contribution in [0, 0.1) is 0 Å². The van der Waals surface area contributed by atoms with Gasteiger partial charge in [-0.15, -0.1) is 0 Å². The van der Waals surface area contributed by atoms with Gasteiger partial charge in [0.2, 0.25) is 0 Å². The van der Waals surface area contributed by atoms with Crippen LogP contribution in [0.2, 0.25) is 5.15 Å². The van der Waals surface area contributed by atoms with E-state index in [-0.39, 0.29) is 24.5 Å². The first-order valence-electron chi connectivity index (χ1n) is 10.9. The number of hydrogen-bond acceptors (Lipinski definition) is 7. The number of fused-ring (bicyclic) bond motifs is 1. The molecule has 1 saturated heterocycles. The number of halogens is 1. The van der Waals surface area contributed by atoms with Crippen molar-refractivity contribution in [2.75, 3.05) is 24.3 Å². The minimum Gasteiger partial charge on any atom is -0.394 e. The molecule has 0 aliphatic carbocycles. The smallest absolute Gasteiger partial charge is 0.256 e. The Hall–Kier alpha value is -3.53. The molecule has 4 aromatic rings. The van der Waals surface area contributed by atoms with Crippen LogP contribution in [0.3, 0.4) is 0 Å². The number of hydrogen-bond donors (Lipinski definition) is 3. The second-order valence-electron chi connectivity index (χ2n) is 8.13. The summed E-state index contributed by atoms with van der Waals surface area (Å²) < 4.78 is 7.59. The van der Waals surface area contributed by atoms with Gasteiger partial charge in [0.25, 0.3) is 5.91 Å². The molecule has 174 valence electrons. The van der Waals surface area contributed by atoms with Crippen molar-refractivity contribution in [1.82, 2.24) is 19.4 Å². The fourth-order valence-corrected chi connectivity index (χ4v) is 4.39. The summed E-state index contributed by atoms with van der Waals surface area (Å²) in [6.45, 7) is 0.424. The zero-order valence-corrected chi connectivity index (χ0v) is 18.9. The zero-order chi connectivity index (χ0) is 23.7. The Kier molecular flexibility index (Phi) is 6.14. The summed E-state index contributed by atoms with van der Waals surface area (Å²) in [5.74, 6) is 1.25. The zero-order valence-electron chi connectivity index (χ0n) is 18.2. The Bertz CT molecular complexity index is 1320. The number of nitrogens with zero attached hydrogens (tertiary/aromatic N) is 4. The molecule has 0 radical (unpaired) electrons. The van der Waals surface area contributed by atoms with E-state index in [0.29, 0.717) is 40.2 Å². The topological polar surface area (TPSA) is 128 Å². The molecule has 1 fully saturated rings. The van der Waals surface area contributed by atoms with Crippen LogP contribution >= 0.6 is 11.6 Å². The van der Waals surface area contributed by atoms with E-state index in [4.69, 9.17) is 27.1 Å². The molecule has 2 atom stereocenters. The molecule has 34 heavy (non-hydrogen) atoms. The van der Waals surface area contributed by atoms with Gasteiger partial charge in [-0.05, 0) is 37.1 Å². The monoisotopic (exact) mass is 478 g/mol. The second-order valence-corrected chi connectivity index (χ2v) is 8.51. The first-order chi connectivity index (χ1) is 16.5. The van der Waals surface area contributed by atoms with E-state index in [1.54, 1.807) is 36.5 Å². The fraction of sp³-hybridized carbons (Fsp3) is 0.250. The normalized spacial score (nSPS) is 18.2. The van der Waals surface area contributed by atoms with E-state index in [9.17, 15) is 9.90 Å². The number of aromatic nitrogens is 4. The van der Waals surface area contributed by atoms with Gasteiger partial charge in [0, 0.05) is 23.2 Å². The highest BCUT2D eigenvalue weighted by molar-refractivity contribution is 6.30. The predicted octanol–water partition coefficient (Wildman–Crippen LogP) is 3.53. The molecule has 3 aromatic heterocycles. The van der Waals surface area contributed by atoms with Crippen molar-refractivity contribution >= 4 is 34.7 Å². The average molecular weight is 479 g/mol. The average Bonchev–Trinajstić information content (AvgIpc) is 3.29. The molecule has 5 rings (SSSR count). The number of carbonyl (C=O) groups is 1. The van der Waals surface area contributed by atoms with Crippen LogP contribution in [0.15, 0.2) is 54.9 Å². The van der Waals surface area contributed by atoms with Crippen LogP contribution in [0.25, 0.3) is 16.8 Å². The minimum atomic E-state index is -0.261. The molecular weight excluding hydrogens is 456 g/mol. The van der Waals surface area contributed by atoms with Gasteiger partial charge in [0.1, 0.15) is 33.8 Å². The van der Waals surface area contributed by atoms with Crippen molar-refractivity contribution in [3.63, 3.8) is 0 Å². The molecular formula is C24H23ClN6O3. The second kappa shape index (κ2) is 9.38. The van der Waals surface area contributed by atoms with E-state index in [1.165, 1.54) is 6.20 Å². The molecule has 4 N–H and O–H groups in total. The number of nitrogens with one attached hydrogen (secondary N) is 1. The van der Waals surface area contributed by atoms with Crippen molar-refractivity contribution in [2.45, 2.75) is 24.9 Å². The largest absolute Gasteiger partial charge is 0.394 e. The fourth-order valence-electron chi connectivity index (χ4n) is 4.17. The van der Waals surface area contributed by atoms with E-state index < -0.39 is 0 Å². The third kappa shape index (κ3) is 4.21. The van der Waals surface area contributed by atoms with E-state index in [2.05, 4.69) is 15.3 Å². The summed E-state index contributed by atoms with van der Waals surface area (Å²) >= 11 is 6.52. The van der Waals surface area contributed by atoms with Gasteiger partial charge in [-0.3, -0.25) is 9.20 Å². The minimum absolute atomic E-state index is 0.00180. The van der Waals surface area contributed by atoms with Gasteiger partial charge in [0.05, 0.1) is 25.5 Å². The van der Waals surface area contributed by atoms with Crippen molar-refractivity contribution < 1.29 is 14.6 Å². The van der Waals surface area contributed by atoms with Crippen LogP contribution in [0.5, 0.6) is 0 Å². The van der Waals surface area contributed by atoms with Crippen molar-refractivity contribution in [3.05, 3.63) is 71.4 Å². The van der Waals surface area contributed by atoms with Crippen LogP contribution < -0.4 is 11.1 Å². The summed E-state index contributed by atoms with van der Waals surface area (Å²) in [7, 11) is 0. The summed E-state index contributed by atoms with van der Waals surface area (Å²) in [6.07, 6.45) is 4.49. The number of amides is 1. The Balaban J connectivity index is 1.49. The van der Waals surface area contributed by atoms with Gasteiger partial charge >= 0.3 is 0 Å². The number of nitrogen functional groups attached to an aromatic ring is 1. The van der Waals surface area contributed by atoms with Crippen LogP contribution in [0.4, 0.5) is 11.6 Å². The maximum atomic E-state index is 12.6. The van der Waals surface area contributed by atoms with E-state index >= 15 is 0 Å². The maximum absolute atomic E-state index is 12.6. The van der Waals surface area contributed by atoms with Gasteiger partial charge in [-0.1, -0.05) is 29.8 Å². The summed E-state index contributed by atoms with van der Waals surface area (Å²) in [4.78, 5) is 25.8. The summed E-state index contributed by atoms with van der Waals surface area (Å²) in [6, 6.07) is 12.4. The molecule has 1 aromatic carbocycles. The Morgan fingerprint density at radius 1 is 1.21 bits per heavy atom. The molecule has 10 heteroatoms. The van der Waals surface area contributed by atoms with Crippen molar-refractivity contribution in [3.8, 4) is 11.3 Å². The molecule has 0 saturated carbocycles. The first kappa shape index (κ1) is 22.3. The van der Waals surface area contributed by atoms with Crippen LogP contribution in [-0.4, -0.2) is 49.7 Å². The number of aliphatic hydroxyl groups excluding tert-OH is 1. The number of benzene rings is 1. The number of anilines is 2.